The molecule has 3 rings (SSSR count). The van der Waals surface area contributed by atoms with E-state index in [1.807, 2.05) is 0 Å². The van der Waals surface area contributed by atoms with Crippen LogP contribution in [0, 0.1) is 35.5 Å². The fraction of sp³-hybridized carbons (Fsp3) is 0.889. The van der Waals surface area contributed by atoms with Gasteiger partial charge in [-0.15, -0.1) is 0 Å². The molecular weight excluding hydrogens is 248 g/mol. The number of aldehydes is 2. The highest BCUT2D eigenvalue weighted by atomic mass is 16.1. The molecule has 3 aliphatic carbocycles. The standard InChI is InChI=1S/C18H28O2/c19-11-13-1-4-15(5-2-13)17-8-7-16-9-14(12-20)3-6-18(16)10-17/h11-18H,1-10H2. The van der Waals surface area contributed by atoms with E-state index in [-0.39, 0.29) is 0 Å². The number of carbonyl (C=O) groups excluding carboxylic acids is 2. The molecule has 4 unspecified atom stereocenters. The molecule has 0 bridgehead atoms. The van der Waals surface area contributed by atoms with Gasteiger partial charge >= 0.3 is 0 Å². The van der Waals surface area contributed by atoms with E-state index < -0.39 is 0 Å². The second kappa shape index (κ2) is 6.41. The molecule has 0 aliphatic heterocycles. The van der Waals surface area contributed by atoms with Gasteiger partial charge < -0.3 is 9.59 Å². The second-order valence-electron chi connectivity index (χ2n) is 7.61. The van der Waals surface area contributed by atoms with Crippen LogP contribution in [-0.2, 0) is 9.59 Å². The zero-order valence-electron chi connectivity index (χ0n) is 12.5. The summed E-state index contributed by atoms with van der Waals surface area (Å²) < 4.78 is 0. The number of fused-ring (bicyclic) bond motifs is 1. The molecule has 4 atom stereocenters. The van der Waals surface area contributed by atoms with Gasteiger partial charge in [-0.2, -0.15) is 0 Å². The van der Waals surface area contributed by atoms with Gasteiger partial charge in [0.05, 0.1) is 0 Å². The number of rotatable bonds is 3. The Bertz CT molecular complexity index is 341. The van der Waals surface area contributed by atoms with Gasteiger partial charge in [0.1, 0.15) is 12.6 Å². The molecule has 0 spiro atoms. The lowest BCUT2D eigenvalue weighted by atomic mass is 9.61. The van der Waals surface area contributed by atoms with E-state index in [4.69, 9.17) is 0 Å². The first-order valence-electron chi connectivity index (χ1n) is 8.70. The SMILES string of the molecule is O=CC1CCC(C2CCC3CC(C=O)CCC3C2)CC1. The number of carbonyl (C=O) groups is 2. The average molecular weight is 276 g/mol. The predicted molar refractivity (Wildman–Crippen MR) is 79.2 cm³/mol. The lowest BCUT2D eigenvalue weighted by Gasteiger charge is -2.44. The molecule has 0 saturated heterocycles. The van der Waals surface area contributed by atoms with Crippen molar-refractivity contribution in [2.24, 2.45) is 35.5 Å². The Labute approximate surface area is 122 Å². The van der Waals surface area contributed by atoms with Gasteiger partial charge in [-0.1, -0.05) is 0 Å². The third-order valence-electron chi connectivity index (χ3n) is 6.56. The fourth-order valence-corrected chi connectivity index (χ4v) is 5.27. The first-order valence-corrected chi connectivity index (χ1v) is 8.70. The topological polar surface area (TPSA) is 34.1 Å². The quantitative estimate of drug-likeness (QED) is 0.729. The van der Waals surface area contributed by atoms with E-state index in [1.165, 1.54) is 57.5 Å². The van der Waals surface area contributed by atoms with E-state index in [0.29, 0.717) is 11.8 Å². The molecule has 20 heavy (non-hydrogen) atoms. The van der Waals surface area contributed by atoms with Crippen LogP contribution in [-0.4, -0.2) is 12.6 Å². The molecule has 0 aromatic heterocycles. The van der Waals surface area contributed by atoms with E-state index in [0.717, 1.165) is 42.9 Å². The van der Waals surface area contributed by atoms with Gasteiger partial charge in [-0.05, 0) is 87.9 Å². The summed E-state index contributed by atoms with van der Waals surface area (Å²) in [6, 6.07) is 0. The van der Waals surface area contributed by atoms with Crippen LogP contribution in [0.5, 0.6) is 0 Å². The smallest absolute Gasteiger partial charge is 0.123 e. The molecule has 3 fully saturated rings. The van der Waals surface area contributed by atoms with Crippen LogP contribution in [0.25, 0.3) is 0 Å². The van der Waals surface area contributed by atoms with Crippen LogP contribution >= 0.6 is 0 Å². The van der Waals surface area contributed by atoms with Crippen molar-refractivity contribution in [1.29, 1.82) is 0 Å². The third-order valence-corrected chi connectivity index (χ3v) is 6.56. The highest BCUT2D eigenvalue weighted by Gasteiger charge is 2.38. The van der Waals surface area contributed by atoms with Crippen molar-refractivity contribution in [2.75, 3.05) is 0 Å². The van der Waals surface area contributed by atoms with Crippen LogP contribution < -0.4 is 0 Å². The molecule has 112 valence electrons. The number of hydrogen-bond donors (Lipinski definition) is 0. The molecule has 3 saturated carbocycles. The molecule has 0 aromatic rings. The first-order chi connectivity index (χ1) is 9.80. The van der Waals surface area contributed by atoms with Crippen molar-refractivity contribution in [3.63, 3.8) is 0 Å². The first kappa shape index (κ1) is 14.3. The molecule has 0 aromatic carbocycles. The van der Waals surface area contributed by atoms with Crippen LogP contribution in [0.4, 0.5) is 0 Å². The monoisotopic (exact) mass is 276 g/mol. The Balaban J connectivity index is 1.52. The molecule has 2 nitrogen and oxygen atoms in total. The minimum absolute atomic E-state index is 0.352. The molecule has 0 heterocycles. The van der Waals surface area contributed by atoms with Crippen molar-refractivity contribution >= 4 is 12.6 Å². The summed E-state index contributed by atoms with van der Waals surface area (Å²) in [5, 5.41) is 0. The largest absolute Gasteiger partial charge is 0.303 e. The Morgan fingerprint density at radius 2 is 0.950 bits per heavy atom. The van der Waals surface area contributed by atoms with E-state index >= 15 is 0 Å². The Morgan fingerprint density at radius 1 is 0.500 bits per heavy atom. The molecule has 0 radical (unpaired) electrons. The lowest BCUT2D eigenvalue weighted by Crippen LogP contribution is -2.34. The Morgan fingerprint density at radius 3 is 1.60 bits per heavy atom. The van der Waals surface area contributed by atoms with Crippen LogP contribution in [0.3, 0.4) is 0 Å². The minimum Gasteiger partial charge on any atom is -0.303 e. The summed E-state index contributed by atoms with van der Waals surface area (Å²) in [6.07, 6.45) is 14.9. The van der Waals surface area contributed by atoms with Gasteiger partial charge in [0.25, 0.3) is 0 Å². The van der Waals surface area contributed by atoms with Gasteiger partial charge in [0.2, 0.25) is 0 Å². The third kappa shape index (κ3) is 2.99. The molecule has 3 aliphatic rings. The van der Waals surface area contributed by atoms with Crippen LogP contribution in [0.2, 0.25) is 0 Å². The maximum Gasteiger partial charge on any atom is 0.123 e. The maximum absolute atomic E-state index is 11.0. The molecular formula is C18H28O2. The van der Waals surface area contributed by atoms with Crippen molar-refractivity contribution in [3.05, 3.63) is 0 Å². The van der Waals surface area contributed by atoms with Crippen molar-refractivity contribution < 1.29 is 9.59 Å². The fourth-order valence-electron chi connectivity index (χ4n) is 5.27. The Hall–Kier alpha value is -0.660. The van der Waals surface area contributed by atoms with Gasteiger partial charge in [-0.3, -0.25) is 0 Å². The van der Waals surface area contributed by atoms with Crippen molar-refractivity contribution in [2.45, 2.75) is 64.2 Å². The second-order valence-corrected chi connectivity index (χ2v) is 7.61. The van der Waals surface area contributed by atoms with Gasteiger partial charge in [0, 0.05) is 11.8 Å². The highest BCUT2D eigenvalue weighted by molar-refractivity contribution is 5.53. The van der Waals surface area contributed by atoms with E-state index in [9.17, 15) is 9.59 Å². The zero-order valence-corrected chi connectivity index (χ0v) is 12.5. The van der Waals surface area contributed by atoms with Gasteiger partial charge in [0.15, 0.2) is 0 Å². The summed E-state index contributed by atoms with van der Waals surface area (Å²) >= 11 is 0. The molecule has 2 heteroatoms. The minimum atomic E-state index is 0.352. The molecule has 0 amide bonds. The highest BCUT2D eigenvalue weighted by Crippen LogP contribution is 2.48. The van der Waals surface area contributed by atoms with Crippen LogP contribution in [0.15, 0.2) is 0 Å². The average Bonchev–Trinajstić information content (AvgIpc) is 2.54. The Kier molecular flexibility index (Phi) is 4.58. The summed E-state index contributed by atoms with van der Waals surface area (Å²) in [6.45, 7) is 0. The predicted octanol–water partition coefficient (Wildman–Crippen LogP) is 4.02. The van der Waals surface area contributed by atoms with Gasteiger partial charge in [-0.25, -0.2) is 0 Å². The normalized spacial score (nSPS) is 45.4. The maximum atomic E-state index is 11.0. The summed E-state index contributed by atoms with van der Waals surface area (Å²) in [4.78, 5) is 21.8. The van der Waals surface area contributed by atoms with Crippen molar-refractivity contribution in [3.8, 4) is 0 Å². The lowest BCUT2D eigenvalue weighted by molar-refractivity contribution is -0.114. The summed E-state index contributed by atoms with van der Waals surface area (Å²) in [5.74, 6) is 4.24. The van der Waals surface area contributed by atoms with E-state index in [1.54, 1.807) is 0 Å². The number of hydrogen-bond acceptors (Lipinski definition) is 2. The van der Waals surface area contributed by atoms with Crippen LogP contribution in [0.1, 0.15) is 64.2 Å². The van der Waals surface area contributed by atoms with E-state index in [2.05, 4.69) is 0 Å². The molecule has 0 N–H and O–H groups in total. The van der Waals surface area contributed by atoms with Crippen molar-refractivity contribution in [1.82, 2.24) is 0 Å². The summed E-state index contributed by atoms with van der Waals surface area (Å²) in [5.41, 5.74) is 0. The summed E-state index contributed by atoms with van der Waals surface area (Å²) in [7, 11) is 0. The zero-order chi connectivity index (χ0) is 13.9.